The highest BCUT2D eigenvalue weighted by Crippen LogP contribution is 2.34. The van der Waals surface area contributed by atoms with Crippen molar-refractivity contribution in [3.8, 4) is 5.75 Å². The summed E-state index contributed by atoms with van der Waals surface area (Å²) in [5, 5.41) is 0.238. The Hall–Kier alpha value is -2.87. The van der Waals surface area contributed by atoms with Gasteiger partial charge in [-0.25, -0.2) is 8.60 Å². The molecule has 1 atom stereocenters. The molecule has 1 fully saturated rings. The van der Waals surface area contributed by atoms with E-state index in [1.807, 2.05) is 4.90 Å². The minimum atomic E-state index is -1.76. The van der Waals surface area contributed by atoms with Gasteiger partial charge in [0.2, 0.25) is 0 Å². The van der Waals surface area contributed by atoms with Crippen molar-refractivity contribution in [3.63, 3.8) is 0 Å². The number of rotatable bonds is 5. The molecule has 2 heterocycles. The summed E-state index contributed by atoms with van der Waals surface area (Å²) in [6.45, 7) is 1.76. The van der Waals surface area contributed by atoms with Crippen LogP contribution in [0.5, 0.6) is 5.75 Å². The molecule has 1 saturated heterocycles. The third-order valence-electron chi connectivity index (χ3n) is 6.07. The zero-order valence-electron chi connectivity index (χ0n) is 17.2. The minimum absolute atomic E-state index is 0.0645. The second-order valence-electron chi connectivity index (χ2n) is 7.92. The summed E-state index contributed by atoms with van der Waals surface area (Å²) in [5.74, 6) is -0.356. The van der Waals surface area contributed by atoms with Gasteiger partial charge in [0.1, 0.15) is 17.1 Å². The Morgan fingerprint density at radius 3 is 2.61 bits per heavy atom. The predicted octanol–water partition coefficient (Wildman–Crippen LogP) is 4.12. The number of furan rings is 1. The lowest BCUT2D eigenvalue weighted by atomic mass is 9.91. The number of fused-ring (bicyclic) bond motifs is 2. The molecule has 0 saturated carbocycles. The van der Waals surface area contributed by atoms with Gasteiger partial charge >= 0.3 is 0 Å². The van der Waals surface area contributed by atoms with Crippen LogP contribution in [0.15, 0.2) is 39.6 Å². The zero-order chi connectivity index (χ0) is 21.5. The minimum Gasteiger partial charge on any atom is -0.496 e. The van der Waals surface area contributed by atoms with Gasteiger partial charge in [-0.3, -0.25) is 9.52 Å². The summed E-state index contributed by atoms with van der Waals surface area (Å²) in [6.07, 6.45) is 4.78. The van der Waals surface area contributed by atoms with Gasteiger partial charge in [-0.1, -0.05) is 0 Å². The summed E-state index contributed by atoms with van der Waals surface area (Å²) in [4.78, 5) is 15.4. The van der Waals surface area contributed by atoms with E-state index in [0.29, 0.717) is 10.5 Å². The van der Waals surface area contributed by atoms with Gasteiger partial charge in [-0.15, -0.1) is 0 Å². The van der Waals surface area contributed by atoms with Crippen molar-refractivity contribution in [2.45, 2.75) is 37.0 Å². The predicted molar refractivity (Wildman–Crippen MR) is 117 cm³/mol. The number of carbonyl (C=O) groups is 1. The highest BCUT2D eigenvalue weighted by atomic mass is 32.2. The molecule has 2 aliphatic rings. The molecule has 8 heteroatoms. The van der Waals surface area contributed by atoms with E-state index >= 15 is 0 Å². The van der Waals surface area contributed by atoms with Gasteiger partial charge in [-0.05, 0) is 61.4 Å². The molecule has 6 nitrogen and oxygen atoms in total. The molecule has 1 aliphatic carbocycles. The first-order valence-electron chi connectivity index (χ1n) is 10.4. The average Bonchev–Trinajstić information content (AvgIpc) is 3.16. The standard InChI is InChI=1S/C23H23FN2O4S/c1-29-19-7-8-22(16-6-3-2-5-15(16)19)31(28)25-23(27)21-13-17-18(24)11-14(12-20(17)30-21)26-9-4-10-26/h7-8,11-13H,2-6,9-10H2,1H3,(H,25,27). The van der Waals surface area contributed by atoms with Crippen LogP contribution in [0.1, 0.15) is 40.9 Å². The van der Waals surface area contributed by atoms with Gasteiger partial charge in [0.05, 0.1) is 17.4 Å². The van der Waals surface area contributed by atoms with Gasteiger partial charge in [0.25, 0.3) is 5.91 Å². The summed E-state index contributed by atoms with van der Waals surface area (Å²) in [7, 11) is -0.140. The van der Waals surface area contributed by atoms with Crippen LogP contribution < -0.4 is 14.4 Å². The number of benzene rings is 2. The molecule has 1 unspecified atom stereocenters. The molecule has 1 amide bonds. The summed E-state index contributed by atoms with van der Waals surface area (Å²) in [6, 6.07) is 8.08. The average molecular weight is 443 g/mol. The molecule has 3 aromatic rings. The lowest BCUT2D eigenvalue weighted by molar-refractivity contribution is 0.0958. The van der Waals surface area contributed by atoms with Crippen LogP contribution in [-0.4, -0.2) is 30.3 Å². The quantitative estimate of drug-likeness (QED) is 0.644. The molecular formula is C23H23FN2O4S. The Morgan fingerprint density at radius 2 is 1.90 bits per heavy atom. The Labute approximate surface area is 181 Å². The van der Waals surface area contributed by atoms with Crippen molar-refractivity contribution < 1.29 is 22.5 Å². The lowest BCUT2D eigenvalue weighted by Gasteiger charge is -2.33. The van der Waals surface area contributed by atoms with Crippen molar-refractivity contribution >= 4 is 33.5 Å². The third kappa shape index (κ3) is 3.59. The van der Waals surface area contributed by atoms with E-state index in [2.05, 4.69) is 4.72 Å². The summed E-state index contributed by atoms with van der Waals surface area (Å²) in [5.41, 5.74) is 3.07. The Morgan fingerprint density at radius 1 is 1.13 bits per heavy atom. The molecule has 2 aromatic carbocycles. The molecule has 0 spiro atoms. The SMILES string of the molecule is COc1ccc(S(=O)NC(=O)c2cc3c(F)cc(N4CCC4)cc3o2)c2c1CCCC2. The molecule has 1 aliphatic heterocycles. The molecule has 0 radical (unpaired) electrons. The third-order valence-corrected chi connectivity index (χ3v) is 7.22. The molecule has 31 heavy (non-hydrogen) atoms. The fourth-order valence-corrected chi connectivity index (χ4v) is 5.33. The molecule has 5 rings (SSSR count). The number of amides is 1. The van der Waals surface area contributed by atoms with E-state index < -0.39 is 22.7 Å². The van der Waals surface area contributed by atoms with Gasteiger partial charge < -0.3 is 14.1 Å². The number of carbonyl (C=O) groups excluding carboxylic acids is 1. The number of methoxy groups -OCH3 is 1. The van der Waals surface area contributed by atoms with Gasteiger partial charge in [0, 0.05) is 30.9 Å². The van der Waals surface area contributed by atoms with E-state index in [-0.39, 0.29) is 11.1 Å². The fraction of sp³-hybridized carbons (Fsp3) is 0.348. The smallest absolute Gasteiger partial charge is 0.298 e. The highest BCUT2D eigenvalue weighted by molar-refractivity contribution is 7.83. The Kier molecular flexibility index (Phi) is 5.17. The summed E-state index contributed by atoms with van der Waals surface area (Å²) >= 11 is 0. The second kappa shape index (κ2) is 8.00. The van der Waals surface area contributed by atoms with Crippen LogP contribution in [0.3, 0.4) is 0 Å². The Bertz CT molecular complexity index is 1200. The number of halogens is 1. The highest BCUT2D eigenvalue weighted by Gasteiger charge is 2.24. The fourth-order valence-electron chi connectivity index (χ4n) is 4.31. The summed E-state index contributed by atoms with van der Waals surface area (Å²) < 4.78 is 41.1. The largest absolute Gasteiger partial charge is 0.496 e. The topological polar surface area (TPSA) is 71.8 Å². The van der Waals surface area contributed by atoms with Crippen molar-refractivity contribution in [3.05, 3.63) is 53.0 Å². The number of anilines is 1. The van der Waals surface area contributed by atoms with Crippen molar-refractivity contribution in [2.24, 2.45) is 0 Å². The number of hydrogen-bond donors (Lipinski definition) is 1. The van der Waals surface area contributed by atoms with Crippen LogP contribution in [0.2, 0.25) is 0 Å². The molecule has 1 N–H and O–H groups in total. The van der Waals surface area contributed by atoms with Gasteiger partial charge in [-0.2, -0.15) is 0 Å². The monoisotopic (exact) mass is 442 g/mol. The van der Waals surface area contributed by atoms with E-state index in [1.54, 1.807) is 25.3 Å². The maximum Gasteiger partial charge on any atom is 0.298 e. The first-order valence-corrected chi connectivity index (χ1v) is 11.6. The first-order chi connectivity index (χ1) is 15.0. The number of hydrogen-bond acceptors (Lipinski definition) is 5. The molecular weight excluding hydrogens is 419 g/mol. The number of nitrogens with zero attached hydrogens (tertiary/aromatic N) is 1. The normalized spacial score (nSPS) is 16.5. The van der Waals surface area contributed by atoms with Crippen molar-refractivity contribution in [2.75, 3.05) is 25.1 Å². The molecule has 0 bridgehead atoms. The number of ether oxygens (including phenoxy) is 1. The maximum absolute atomic E-state index is 14.5. The van der Waals surface area contributed by atoms with Crippen LogP contribution >= 0.6 is 0 Å². The van der Waals surface area contributed by atoms with E-state index in [4.69, 9.17) is 9.15 Å². The molecule has 162 valence electrons. The number of nitrogens with one attached hydrogen (secondary N) is 1. The van der Waals surface area contributed by atoms with Crippen LogP contribution in [0.25, 0.3) is 11.0 Å². The molecule has 1 aromatic heterocycles. The van der Waals surface area contributed by atoms with E-state index in [0.717, 1.165) is 67.8 Å². The van der Waals surface area contributed by atoms with Crippen molar-refractivity contribution in [1.29, 1.82) is 0 Å². The lowest BCUT2D eigenvalue weighted by Crippen LogP contribution is -2.36. The van der Waals surface area contributed by atoms with E-state index in [9.17, 15) is 13.4 Å². The Balaban J connectivity index is 1.41. The van der Waals surface area contributed by atoms with Crippen LogP contribution in [-0.2, 0) is 23.8 Å². The second-order valence-corrected chi connectivity index (χ2v) is 9.10. The zero-order valence-corrected chi connectivity index (χ0v) is 18.0. The van der Waals surface area contributed by atoms with Crippen LogP contribution in [0, 0.1) is 5.82 Å². The van der Waals surface area contributed by atoms with Gasteiger partial charge in [0.15, 0.2) is 16.7 Å². The van der Waals surface area contributed by atoms with E-state index in [1.165, 1.54) is 12.1 Å². The van der Waals surface area contributed by atoms with Crippen LogP contribution in [0.4, 0.5) is 10.1 Å². The first kappa shape index (κ1) is 20.1. The van der Waals surface area contributed by atoms with Crippen molar-refractivity contribution in [1.82, 2.24) is 4.72 Å². The maximum atomic E-state index is 14.5.